The Kier molecular flexibility index (Phi) is 2.61. The molecule has 0 aliphatic carbocycles. The van der Waals surface area contributed by atoms with Gasteiger partial charge in [0.25, 0.3) is 6.01 Å². The Balaban J connectivity index is 1.78. The maximum absolute atomic E-state index is 5.68. The maximum atomic E-state index is 5.68. The number of rotatable bonds is 3. The summed E-state index contributed by atoms with van der Waals surface area (Å²) in [5.74, 6) is 0.738. The van der Waals surface area contributed by atoms with Crippen molar-refractivity contribution in [1.82, 2.24) is 4.98 Å². The SMILES string of the molecule is Nc1nc2ccc(OCc3ccccc3)cc2o1. The van der Waals surface area contributed by atoms with E-state index in [1.165, 1.54) is 0 Å². The number of aromatic nitrogens is 1. The van der Waals surface area contributed by atoms with Crippen LogP contribution in [0.5, 0.6) is 5.75 Å². The third-order valence-corrected chi connectivity index (χ3v) is 2.62. The molecule has 0 radical (unpaired) electrons. The Hall–Kier alpha value is -2.49. The van der Waals surface area contributed by atoms with Gasteiger partial charge in [0.1, 0.15) is 17.9 Å². The van der Waals surface area contributed by atoms with Crippen LogP contribution in [0.1, 0.15) is 5.56 Å². The first-order valence-corrected chi connectivity index (χ1v) is 5.64. The lowest BCUT2D eigenvalue weighted by molar-refractivity contribution is 0.306. The van der Waals surface area contributed by atoms with Gasteiger partial charge in [-0.05, 0) is 17.7 Å². The highest BCUT2D eigenvalue weighted by atomic mass is 16.5. The van der Waals surface area contributed by atoms with Gasteiger partial charge in [0.15, 0.2) is 5.58 Å². The Morgan fingerprint density at radius 3 is 2.78 bits per heavy atom. The highest BCUT2D eigenvalue weighted by Crippen LogP contribution is 2.23. The molecule has 90 valence electrons. The Morgan fingerprint density at radius 2 is 1.94 bits per heavy atom. The second kappa shape index (κ2) is 4.41. The van der Waals surface area contributed by atoms with Crippen LogP contribution in [0.2, 0.25) is 0 Å². The monoisotopic (exact) mass is 240 g/mol. The number of anilines is 1. The molecule has 4 heteroatoms. The molecular weight excluding hydrogens is 228 g/mol. The van der Waals surface area contributed by atoms with Crippen molar-refractivity contribution in [2.24, 2.45) is 0 Å². The van der Waals surface area contributed by atoms with Gasteiger partial charge in [-0.2, -0.15) is 4.98 Å². The number of hydrogen-bond acceptors (Lipinski definition) is 4. The Bertz CT molecular complexity index is 662. The quantitative estimate of drug-likeness (QED) is 0.764. The van der Waals surface area contributed by atoms with E-state index in [0.29, 0.717) is 12.2 Å². The molecule has 0 aliphatic rings. The summed E-state index contributed by atoms with van der Waals surface area (Å²) in [7, 11) is 0. The zero-order chi connectivity index (χ0) is 12.4. The molecule has 3 rings (SSSR count). The summed E-state index contributed by atoms with van der Waals surface area (Å²) in [5, 5.41) is 0. The minimum absolute atomic E-state index is 0.171. The number of benzene rings is 2. The second-order valence-electron chi connectivity index (χ2n) is 3.96. The molecule has 1 aromatic heterocycles. The van der Waals surface area contributed by atoms with Crippen LogP contribution in [0.25, 0.3) is 11.1 Å². The van der Waals surface area contributed by atoms with Crippen LogP contribution in [0.3, 0.4) is 0 Å². The van der Waals surface area contributed by atoms with E-state index in [2.05, 4.69) is 4.98 Å². The lowest BCUT2D eigenvalue weighted by atomic mass is 10.2. The van der Waals surface area contributed by atoms with Crippen molar-refractivity contribution in [3.8, 4) is 5.75 Å². The zero-order valence-electron chi connectivity index (χ0n) is 9.67. The predicted octanol–water partition coefficient (Wildman–Crippen LogP) is 2.99. The van der Waals surface area contributed by atoms with Crippen LogP contribution < -0.4 is 10.5 Å². The molecule has 0 amide bonds. The lowest BCUT2D eigenvalue weighted by Gasteiger charge is -2.05. The minimum atomic E-state index is 0.171. The summed E-state index contributed by atoms with van der Waals surface area (Å²) < 4.78 is 10.9. The molecule has 4 nitrogen and oxygen atoms in total. The average Bonchev–Trinajstić information content (AvgIpc) is 2.77. The molecular formula is C14H12N2O2. The number of oxazole rings is 1. The number of nitrogens with zero attached hydrogens (tertiary/aromatic N) is 1. The van der Waals surface area contributed by atoms with E-state index < -0.39 is 0 Å². The van der Waals surface area contributed by atoms with E-state index in [-0.39, 0.29) is 6.01 Å². The normalized spacial score (nSPS) is 10.7. The third-order valence-electron chi connectivity index (χ3n) is 2.62. The maximum Gasteiger partial charge on any atom is 0.292 e. The van der Waals surface area contributed by atoms with Gasteiger partial charge in [-0.25, -0.2) is 0 Å². The van der Waals surface area contributed by atoms with E-state index in [9.17, 15) is 0 Å². The van der Waals surface area contributed by atoms with Crippen molar-refractivity contribution >= 4 is 17.1 Å². The molecule has 0 atom stereocenters. The van der Waals surface area contributed by atoms with Gasteiger partial charge in [0.05, 0.1) is 0 Å². The van der Waals surface area contributed by atoms with Gasteiger partial charge in [-0.15, -0.1) is 0 Å². The fourth-order valence-corrected chi connectivity index (χ4v) is 1.75. The predicted molar refractivity (Wildman–Crippen MR) is 69.2 cm³/mol. The first kappa shape index (κ1) is 10.7. The van der Waals surface area contributed by atoms with Crippen molar-refractivity contribution in [1.29, 1.82) is 0 Å². The first-order valence-electron chi connectivity index (χ1n) is 5.64. The molecule has 0 unspecified atom stereocenters. The minimum Gasteiger partial charge on any atom is -0.489 e. The molecule has 3 aromatic rings. The van der Waals surface area contributed by atoms with Gasteiger partial charge >= 0.3 is 0 Å². The van der Waals surface area contributed by atoms with E-state index in [4.69, 9.17) is 14.9 Å². The van der Waals surface area contributed by atoms with Crippen LogP contribution in [-0.2, 0) is 6.61 Å². The van der Waals surface area contributed by atoms with Crippen molar-refractivity contribution in [3.63, 3.8) is 0 Å². The van der Waals surface area contributed by atoms with Gasteiger partial charge < -0.3 is 14.9 Å². The van der Waals surface area contributed by atoms with Crippen LogP contribution in [-0.4, -0.2) is 4.98 Å². The van der Waals surface area contributed by atoms with Crippen LogP contribution >= 0.6 is 0 Å². The summed E-state index contributed by atoms with van der Waals surface area (Å²) in [6.07, 6.45) is 0. The van der Waals surface area contributed by atoms with Gasteiger partial charge in [-0.3, -0.25) is 0 Å². The molecule has 0 spiro atoms. The topological polar surface area (TPSA) is 61.3 Å². The molecule has 18 heavy (non-hydrogen) atoms. The lowest BCUT2D eigenvalue weighted by Crippen LogP contribution is -1.94. The summed E-state index contributed by atoms with van der Waals surface area (Å²) >= 11 is 0. The number of fused-ring (bicyclic) bond motifs is 1. The van der Waals surface area contributed by atoms with Crippen LogP contribution in [0.15, 0.2) is 52.9 Å². The average molecular weight is 240 g/mol. The van der Waals surface area contributed by atoms with Crippen molar-refractivity contribution in [3.05, 3.63) is 54.1 Å². The first-order chi connectivity index (χ1) is 8.81. The Morgan fingerprint density at radius 1 is 1.11 bits per heavy atom. The van der Waals surface area contributed by atoms with E-state index in [1.54, 1.807) is 6.07 Å². The smallest absolute Gasteiger partial charge is 0.292 e. The fraction of sp³-hybridized carbons (Fsp3) is 0.0714. The van der Waals surface area contributed by atoms with E-state index in [0.717, 1.165) is 16.8 Å². The molecule has 0 bridgehead atoms. The molecule has 2 aromatic carbocycles. The number of nitrogens with two attached hydrogens (primary N) is 1. The number of nitrogen functional groups attached to an aromatic ring is 1. The van der Waals surface area contributed by atoms with Crippen molar-refractivity contribution in [2.45, 2.75) is 6.61 Å². The summed E-state index contributed by atoms with van der Waals surface area (Å²) in [6, 6.07) is 15.6. The number of ether oxygens (including phenoxy) is 1. The second-order valence-corrected chi connectivity index (χ2v) is 3.96. The van der Waals surface area contributed by atoms with Crippen LogP contribution in [0.4, 0.5) is 6.01 Å². The van der Waals surface area contributed by atoms with Crippen molar-refractivity contribution < 1.29 is 9.15 Å². The molecule has 0 aliphatic heterocycles. The largest absolute Gasteiger partial charge is 0.489 e. The highest BCUT2D eigenvalue weighted by Gasteiger charge is 2.04. The van der Waals surface area contributed by atoms with Crippen molar-refractivity contribution in [2.75, 3.05) is 5.73 Å². The van der Waals surface area contributed by atoms with E-state index in [1.807, 2.05) is 42.5 Å². The Labute approximate surface area is 104 Å². The molecule has 1 heterocycles. The summed E-state index contributed by atoms with van der Waals surface area (Å²) in [5.41, 5.74) is 7.98. The third kappa shape index (κ3) is 2.13. The number of hydrogen-bond donors (Lipinski definition) is 1. The fourth-order valence-electron chi connectivity index (χ4n) is 1.75. The van der Waals surface area contributed by atoms with Gasteiger partial charge in [0, 0.05) is 6.07 Å². The molecule has 0 fully saturated rings. The summed E-state index contributed by atoms with van der Waals surface area (Å²) in [6.45, 7) is 0.524. The molecule has 0 saturated carbocycles. The van der Waals surface area contributed by atoms with Gasteiger partial charge in [0.2, 0.25) is 0 Å². The highest BCUT2D eigenvalue weighted by molar-refractivity contribution is 5.75. The molecule has 0 saturated heterocycles. The van der Waals surface area contributed by atoms with Gasteiger partial charge in [-0.1, -0.05) is 30.3 Å². The zero-order valence-corrected chi connectivity index (χ0v) is 9.67. The summed E-state index contributed by atoms with van der Waals surface area (Å²) in [4.78, 5) is 4.03. The van der Waals surface area contributed by atoms with E-state index >= 15 is 0 Å². The standard InChI is InChI=1S/C14H12N2O2/c15-14-16-12-7-6-11(8-13(12)18-14)17-9-10-4-2-1-3-5-10/h1-8H,9H2,(H2,15,16). The molecule has 2 N–H and O–H groups in total. The van der Waals surface area contributed by atoms with Crippen LogP contribution in [0, 0.1) is 0 Å².